The lowest BCUT2D eigenvalue weighted by atomic mass is 10.3. The number of sulfonamides is 1. The van der Waals surface area contributed by atoms with Crippen LogP contribution in [-0.2, 0) is 26.1 Å². The number of carbonyl (C=O) groups is 1. The average molecular weight is 397 g/mol. The number of hydrogen-bond donors (Lipinski definition) is 0. The van der Waals surface area contributed by atoms with E-state index in [0.29, 0.717) is 11.5 Å². The van der Waals surface area contributed by atoms with Gasteiger partial charge >= 0.3 is 5.97 Å². The molecule has 0 aliphatic rings. The standard InChI is InChI=1S/C18H23NO7S/c1-4-25-18(20)9-10-19(13-15-6-5-11-26-15)27(21,22)17-12-14(23-2)7-8-16(17)24-3/h5-8,11-12H,4,9-10,13H2,1-3H3. The van der Waals surface area contributed by atoms with Gasteiger partial charge in [0.05, 0.1) is 40.1 Å². The molecule has 148 valence electrons. The Bertz CT molecular complexity index is 847. The van der Waals surface area contributed by atoms with Crippen molar-refractivity contribution in [2.75, 3.05) is 27.4 Å². The van der Waals surface area contributed by atoms with Gasteiger partial charge in [0, 0.05) is 12.6 Å². The zero-order chi connectivity index (χ0) is 19.9. The zero-order valence-corrected chi connectivity index (χ0v) is 16.3. The molecule has 9 heteroatoms. The lowest BCUT2D eigenvalue weighted by molar-refractivity contribution is -0.143. The van der Waals surface area contributed by atoms with Crippen molar-refractivity contribution < 1.29 is 31.8 Å². The van der Waals surface area contributed by atoms with Crippen LogP contribution in [0, 0.1) is 0 Å². The number of nitrogens with zero attached hydrogens (tertiary/aromatic N) is 1. The first kappa shape index (κ1) is 20.8. The molecule has 8 nitrogen and oxygen atoms in total. The normalized spacial score (nSPS) is 11.4. The molecule has 0 aliphatic carbocycles. The molecule has 0 unspecified atom stereocenters. The maximum absolute atomic E-state index is 13.3. The maximum atomic E-state index is 13.3. The molecule has 1 heterocycles. The van der Waals surface area contributed by atoms with Crippen molar-refractivity contribution in [2.24, 2.45) is 0 Å². The van der Waals surface area contributed by atoms with Crippen LogP contribution in [0.3, 0.4) is 0 Å². The second-order valence-electron chi connectivity index (χ2n) is 5.49. The van der Waals surface area contributed by atoms with E-state index in [2.05, 4.69) is 0 Å². The summed E-state index contributed by atoms with van der Waals surface area (Å²) in [6.07, 6.45) is 1.37. The van der Waals surface area contributed by atoms with E-state index in [1.165, 1.54) is 32.6 Å². The molecule has 0 fully saturated rings. The third kappa shape index (κ3) is 5.24. The molecule has 0 saturated carbocycles. The molecule has 1 aromatic heterocycles. The van der Waals surface area contributed by atoms with E-state index in [4.69, 9.17) is 18.6 Å². The fourth-order valence-electron chi connectivity index (χ4n) is 2.43. The van der Waals surface area contributed by atoms with E-state index < -0.39 is 16.0 Å². The molecule has 0 bridgehead atoms. The van der Waals surface area contributed by atoms with E-state index in [1.807, 2.05) is 0 Å². The Morgan fingerprint density at radius 1 is 1.19 bits per heavy atom. The van der Waals surface area contributed by atoms with Gasteiger partial charge in [0.15, 0.2) is 0 Å². The van der Waals surface area contributed by atoms with Crippen molar-refractivity contribution in [3.63, 3.8) is 0 Å². The summed E-state index contributed by atoms with van der Waals surface area (Å²) in [5, 5.41) is 0. The van der Waals surface area contributed by atoms with Gasteiger partial charge in [-0.25, -0.2) is 8.42 Å². The molecular weight excluding hydrogens is 374 g/mol. The minimum atomic E-state index is -4.00. The van der Waals surface area contributed by atoms with Gasteiger partial charge in [0.2, 0.25) is 10.0 Å². The summed E-state index contributed by atoms with van der Waals surface area (Å²) in [5.41, 5.74) is 0. The van der Waals surface area contributed by atoms with Gasteiger partial charge in [0.1, 0.15) is 22.2 Å². The van der Waals surface area contributed by atoms with Gasteiger partial charge in [-0.05, 0) is 31.2 Å². The van der Waals surface area contributed by atoms with Gasteiger partial charge in [-0.15, -0.1) is 0 Å². The van der Waals surface area contributed by atoms with Crippen molar-refractivity contribution in [1.29, 1.82) is 0 Å². The third-order valence-corrected chi connectivity index (χ3v) is 5.64. The van der Waals surface area contributed by atoms with Crippen molar-refractivity contribution in [3.8, 4) is 11.5 Å². The van der Waals surface area contributed by atoms with E-state index >= 15 is 0 Å². The summed E-state index contributed by atoms with van der Waals surface area (Å²) >= 11 is 0. The molecule has 0 N–H and O–H groups in total. The highest BCUT2D eigenvalue weighted by Crippen LogP contribution is 2.31. The van der Waals surface area contributed by atoms with Crippen LogP contribution in [0.2, 0.25) is 0 Å². The van der Waals surface area contributed by atoms with Gasteiger partial charge < -0.3 is 18.6 Å². The van der Waals surface area contributed by atoms with Crippen molar-refractivity contribution in [3.05, 3.63) is 42.4 Å². The van der Waals surface area contributed by atoms with Crippen LogP contribution >= 0.6 is 0 Å². The van der Waals surface area contributed by atoms with Gasteiger partial charge in [-0.1, -0.05) is 0 Å². The Hall–Kier alpha value is -2.52. The maximum Gasteiger partial charge on any atom is 0.307 e. The quantitative estimate of drug-likeness (QED) is 0.568. The minimum absolute atomic E-state index is 0.0326. The van der Waals surface area contributed by atoms with E-state index in [0.717, 1.165) is 4.31 Å². The summed E-state index contributed by atoms with van der Waals surface area (Å²) < 4.78 is 48.2. The number of furan rings is 1. The number of ether oxygens (including phenoxy) is 3. The SMILES string of the molecule is CCOC(=O)CCN(Cc1ccco1)S(=O)(=O)c1cc(OC)ccc1OC. The molecule has 2 aromatic rings. The lowest BCUT2D eigenvalue weighted by Gasteiger charge is -2.22. The molecule has 0 radical (unpaired) electrons. The summed E-state index contributed by atoms with van der Waals surface area (Å²) in [5.74, 6) is 0.521. The van der Waals surface area contributed by atoms with Gasteiger partial charge in [0.25, 0.3) is 0 Å². The Balaban J connectivity index is 2.38. The molecule has 2 rings (SSSR count). The minimum Gasteiger partial charge on any atom is -0.497 e. The number of rotatable bonds is 10. The topological polar surface area (TPSA) is 95.3 Å². The molecule has 0 aliphatic heterocycles. The number of carbonyl (C=O) groups excluding carboxylic acids is 1. The molecule has 0 amide bonds. The number of hydrogen-bond acceptors (Lipinski definition) is 7. The first-order valence-electron chi connectivity index (χ1n) is 8.32. The Kier molecular flexibility index (Phi) is 7.26. The van der Waals surface area contributed by atoms with Crippen LogP contribution in [0.4, 0.5) is 0 Å². The molecule has 0 spiro atoms. The number of benzene rings is 1. The number of esters is 1. The van der Waals surface area contributed by atoms with Crippen molar-refractivity contribution in [1.82, 2.24) is 4.31 Å². The Morgan fingerprint density at radius 3 is 2.56 bits per heavy atom. The first-order chi connectivity index (χ1) is 12.9. The summed E-state index contributed by atoms with van der Waals surface area (Å²) in [6.45, 7) is 1.82. The van der Waals surface area contributed by atoms with Gasteiger partial charge in [-0.3, -0.25) is 4.79 Å². The average Bonchev–Trinajstić information content (AvgIpc) is 3.17. The number of methoxy groups -OCH3 is 2. The highest BCUT2D eigenvalue weighted by atomic mass is 32.2. The lowest BCUT2D eigenvalue weighted by Crippen LogP contribution is -2.33. The zero-order valence-electron chi connectivity index (χ0n) is 15.5. The molecule has 0 saturated heterocycles. The Morgan fingerprint density at radius 2 is 1.96 bits per heavy atom. The van der Waals surface area contributed by atoms with Crippen LogP contribution in [0.25, 0.3) is 0 Å². The highest BCUT2D eigenvalue weighted by Gasteiger charge is 2.29. The Labute approximate surface area is 158 Å². The monoisotopic (exact) mass is 397 g/mol. The largest absolute Gasteiger partial charge is 0.497 e. The first-order valence-corrected chi connectivity index (χ1v) is 9.76. The van der Waals surface area contributed by atoms with E-state index in [1.54, 1.807) is 25.1 Å². The van der Waals surface area contributed by atoms with Crippen molar-refractivity contribution >= 4 is 16.0 Å². The second-order valence-corrected chi connectivity index (χ2v) is 7.40. The molecular formula is C18H23NO7S. The molecule has 0 atom stereocenters. The third-order valence-electron chi connectivity index (χ3n) is 3.77. The summed E-state index contributed by atoms with van der Waals surface area (Å²) in [6, 6.07) is 7.83. The van der Waals surface area contributed by atoms with Gasteiger partial charge in [-0.2, -0.15) is 4.31 Å². The molecule has 1 aromatic carbocycles. The van der Waals surface area contributed by atoms with E-state index in [9.17, 15) is 13.2 Å². The molecule has 27 heavy (non-hydrogen) atoms. The summed E-state index contributed by atoms with van der Waals surface area (Å²) in [4.78, 5) is 11.7. The van der Waals surface area contributed by atoms with Crippen LogP contribution in [-0.4, -0.2) is 46.1 Å². The van der Waals surface area contributed by atoms with Crippen LogP contribution in [0.1, 0.15) is 19.1 Å². The second kappa shape index (κ2) is 9.43. The van der Waals surface area contributed by atoms with Crippen LogP contribution < -0.4 is 9.47 Å². The predicted molar refractivity (Wildman–Crippen MR) is 97.1 cm³/mol. The fourth-order valence-corrected chi connectivity index (χ4v) is 4.01. The smallest absolute Gasteiger partial charge is 0.307 e. The highest BCUT2D eigenvalue weighted by molar-refractivity contribution is 7.89. The van der Waals surface area contributed by atoms with Crippen molar-refractivity contribution in [2.45, 2.75) is 24.8 Å². The predicted octanol–water partition coefficient (Wildman–Crippen LogP) is 2.44. The fraction of sp³-hybridized carbons (Fsp3) is 0.389. The summed E-state index contributed by atoms with van der Waals surface area (Å²) in [7, 11) is -1.17. The van der Waals surface area contributed by atoms with Crippen LogP contribution in [0.5, 0.6) is 11.5 Å². The van der Waals surface area contributed by atoms with Crippen LogP contribution in [0.15, 0.2) is 45.9 Å². The van der Waals surface area contributed by atoms with E-state index in [-0.39, 0.29) is 36.8 Å².